The first kappa shape index (κ1) is 19.7. The SMILES string of the molecule is CCCCOC(C)C(=O)Nc1ccccc1C(=O)Nc1cccc(C)c1. The number of benzene rings is 2. The van der Waals surface area contributed by atoms with Gasteiger partial charge in [0.05, 0.1) is 11.3 Å². The van der Waals surface area contributed by atoms with Crippen LogP contribution >= 0.6 is 0 Å². The lowest BCUT2D eigenvalue weighted by Crippen LogP contribution is -2.29. The van der Waals surface area contributed by atoms with Crippen molar-refractivity contribution in [2.45, 2.75) is 39.7 Å². The second-order valence-electron chi connectivity index (χ2n) is 6.23. The predicted molar refractivity (Wildman–Crippen MR) is 105 cm³/mol. The van der Waals surface area contributed by atoms with E-state index in [-0.39, 0.29) is 11.8 Å². The fourth-order valence-corrected chi connectivity index (χ4v) is 2.43. The van der Waals surface area contributed by atoms with Crippen LogP contribution in [-0.2, 0) is 9.53 Å². The first-order chi connectivity index (χ1) is 12.5. The second kappa shape index (κ2) is 9.73. The van der Waals surface area contributed by atoms with E-state index in [1.54, 1.807) is 31.2 Å². The van der Waals surface area contributed by atoms with Crippen molar-refractivity contribution in [2.75, 3.05) is 17.2 Å². The normalized spacial score (nSPS) is 11.7. The Balaban J connectivity index is 2.07. The van der Waals surface area contributed by atoms with Crippen molar-refractivity contribution in [3.8, 4) is 0 Å². The maximum absolute atomic E-state index is 12.6. The standard InChI is InChI=1S/C21H26N2O3/c1-4-5-13-26-16(3)20(24)23-19-12-7-6-11-18(19)21(25)22-17-10-8-9-15(2)14-17/h6-12,14,16H,4-5,13H2,1-3H3,(H,22,25)(H,23,24). The van der Waals surface area contributed by atoms with Crippen molar-refractivity contribution in [1.29, 1.82) is 0 Å². The molecular weight excluding hydrogens is 328 g/mol. The third-order valence-electron chi connectivity index (χ3n) is 3.94. The molecule has 0 aromatic heterocycles. The van der Waals surface area contributed by atoms with Gasteiger partial charge in [-0.05, 0) is 50.1 Å². The fraction of sp³-hybridized carbons (Fsp3) is 0.333. The third kappa shape index (κ3) is 5.70. The van der Waals surface area contributed by atoms with Crippen LogP contribution in [-0.4, -0.2) is 24.5 Å². The van der Waals surface area contributed by atoms with E-state index in [4.69, 9.17) is 4.74 Å². The summed E-state index contributed by atoms with van der Waals surface area (Å²) in [6, 6.07) is 14.5. The summed E-state index contributed by atoms with van der Waals surface area (Å²) in [6.07, 6.45) is 1.35. The summed E-state index contributed by atoms with van der Waals surface area (Å²) in [7, 11) is 0. The van der Waals surface area contributed by atoms with E-state index in [1.165, 1.54) is 0 Å². The molecule has 0 aliphatic heterocycles. The molecule has 2 N–H and O–H groups in total. The summed E-state index contributed by atoms with van der Waals surface area (Å²) < 4.78 is 5.51. The molecule has 0 heterocycles. The number of hydrogen-bond acceptors (Lipinski definition) is 3. The zero-order valence-corrected chi connectivity index (χ0v) is 15.5. The van der Waals surface area contributed by atoms with Gasteiger partial charge in [0.1, 0.15) is 6.10 Å². The molecule has 138 valence electrons. The molecule has 1 atom stereocenters. The number of ether oxygens (including phenoxy) is 1. The summed E-state index contributed by atoms with van der Waals surface area (Å²) in [5, 5.41) is 5.65. The largest absolute Gasteiger partial charge is 0.369 e. The molecule has 2 aromatic rings. The van der Waals surface area contributed by atoms with Crippen LogP contribution in [0.25, 0.3) is 0 Å². The molecule has 0 saturated carbocycles. The molecule has 2 rings (SSSR count). The number of amides is 2. The smallest absolute Gasteiger partial charge is 0.257 e. The average molecular weight is 354 g/mol. The molecule has 0 radical (unpaired) electrons. The van der Waals surface area contributed by atoms with Gasteiger partial charge in [0.2, 0.25) is 0 Å². The quantitative estimate of drug-likeness (QED) is 0.691. The minimum atomic E-state index is -0.575. The number of rotatable bonds is 8. The zero-order valence-electron chi connectivity index (χ0n) is 15.5. The number of carbonyl (C=O) groups excluding carboxylic acids is 2. The van der Waals surface area contributed by atoms with Gasteiger partial charge in [-0.3, -0.25) is 9.59 Å². The number of carbonyl (C=O) groups is 2. The van der Waals surface area contributed by atoms with E-state index < -0.39 is 6.10 Å². The van der Waals surface area contributed by atoms with Gasteiger partial charge >= 0.3 is 0 Å². The number of nitrogens with one attached hydrogen (secondary N) is 2. The van der Waals surface area contributed by atoms with Crippen molar-refractivity contribution in [2.24, 2.45) is 0 Å². The summed E-state index contributed by atoms with van der Waals surface area (Å²) in [5.41, 5.74) is 2.64. The Morgan fingerprint density at radius 2 is 1.85 bits per heavy atom. The molecular formula is C21H26N2O3. The van der Waals surface area contributed by atoms with E-state index in [0.29, 0.717) is 23.5 Å². The summed E-state index contributed by atoms with van der Waals surface area (Å²) >= 11 is 0. The van der Waals surface area contributed by atoms with Gasteiger partial charge in [-0.1, -0.05) is 37.6 Å². The highest BCUT2D eigenvalue weighted by Crippen LogP contribution is 2.18. The molecule has 0 fully saturated rings. The Labute approximate surface area is 154 Å². The van der Waals surface area contributed by atoms with Crippen molar-refractivity contribution >= 4 is 23.2 Å². The van der Waals surface area contributed by atoms with Gasteiger partial charge < -0.3 is 15.4 Å². The van der Waals surface area contributed by atoms with Gasteiger partial charge in [0.25, 0.3) is 11.8 Å². The molecule has 0 bridgehead atoms. The molecule has 26 heavy (non-hydrogen) atoms. The van der Waals surface area contributed by atoms with Crippen molar-refractivity contribution in [1.82, 2.24) is 0 Å². The number of aryl methyl sites for hydroxylation is 1. The van der Waals surface area contributed by atoms with Crippen LogP contribution in [0, 0.1) is 6.92 Å². The second-order valence-corrected chi connectivity index (χ2v) is 6.23. The highest BCUT2D eigenvalue weighted by atomic mass is 16.5. The average Bonchev–Trinajstić information content (AvgIpc) is 2.62. The number of hydrogen-bond donors (Lipinski definition) is 2. The van der Waals surface area contributed by atoms with E-state index in [2.05, 4.69) is 17.6 Å². The molecule has 0 aliphatic rings. The minimum Gasteiger partial charge on any atom is -0.369 e. The molecule has 5 heteroatoms. The van der Waals surface area contributed by atoms with Crippen LogP contribution in [0.2, 0.25) is 0 Å². The van der Waals surface area contributed by atoms with Gasteiger partial charge in [-0.15, -0.1) is 0 Å². The Kier molecular flexibility index (Phi) is 7.36. The van der Waals surface area contributed by atoms with Gasteiger partial charge in [-0.25, -0.2) is 0 Å². The lowest BCUT2D eigenvalue weighted by atomic mass is 10.1. The molecule has 2 amide bonds. The van der Waals surface area contributed by atoms with Crippen molar-refractivity contribution in [3.05, 3.63) is 59.7 Å². The highest BCUT2D eigenvalue weighted by molar-refractivity contribution is 6.10. The molecule has 5 nitrogen and oxygen atoms in total. The molecule has 0 aliphatic carbocycles. The monoisotopic (exact) mass is 354 g/mol. The maximum Gasteiger partial charge on any atom is 0.257 e. The fourth-order valence-electron chi connectivity index (χ4n) is 2.43. The van der Waals surface area contributed by atoms with Crippen LogP contribution in [0.5, 0.6) is 0 Å². The van der Waals surface area contributed by atoms with Crippen molar-refractivity contribution < 1.29 is 14.3 Å². The Morgan fingerprint density at radius 3 is 2.58 bits per heavy atom. The Hall–Kier alpha value is -2.66. The highest BCUT2D eigenvalue weighted by Gasteiger charge is 2.17. The minimum absolute atomic E-state index is 0.267. The van der Waals surface area contributed by atoms with E-state index in [1.807, 2.05) is 31.2 Å². The summed E-state index contributed by atoms with van der Waals surface area (Å²) in [5.74, 6) is -0.539. The predicted octanol–water partition coefficient (Wildman–Crippen LogP) is 4.39. The molecule has 1 unspecified atom stereocenters. The van der Waals surface area contributed by atoms with Crippen LogP contribution in [0.4, 0.5) is 11.4 Å². The van der Waals surface area contributed by atoms with E-state index in [9.17, 15) is 9.59 Å². The first-order valence-electron chi connectivity index (χ1n) is 8.90. The van der Waals surface area contributed by atoms with E-state index >= 15 is 0 Å². The Morgan fingerprint density at radius 1 is 1.08 bits per heavy atom. The van der Waals surface area contributed by atoms with Crippen molar-refractivity contribution in [3.63, 3.8) is 0 Å². The van der Waals surface area contributed by atoms with Crippen LogP contribution < -0.4 is 10.6 Å². The number of unbranched alkanes of at least 4 members (excludes halogenated alkanes) is 1. The molecule has 2 aromatic carbocycles. The van der Waals surface area contributed by atoms with Crippen LogP contribution in [0.15, 0.2) is 48.5 Å². The van der Waals surface area contributed by atoms with Gasteiger partial charge in [0.15, 0.2) is 0 Å². The summed E-state index contributed by atoms with van der Waals surface area (Å²) in [4.78, 5) is 24.9. The molecule has 0 saturated heterocycles. The third-order valence-corrected chi connectivity index (χ3v) is 3.94. The summed E-state index contributed by atoms with van der Waals surface area (Å²) in [6.45, 7) is 6.28. The Bertz CT molecular complexity index is 758. The maximum atomic E-state index is 12.6. The lowest BCUT2D eigenvalue weighted by molar-refractivity contribution is -0.126. The molecule has 0 spiro atoms. The topological polar surface area (TPSA) is 67.4 Å². The van der Waals surface area contributed by atoms with Crippen LogP contribution in [0.3, 0.4) is 0 Å². The number of anilines is 2. The first-order valence-corrected chi connectivity index (χ1v) is 8.90. The van der Waals surface area contributed by atoms with E-state index in [0.717, 1.165) is 18.4 Å². The number of para-hydroxylation sites is 1. The van der Waals surface area contributed by atoms with Gasteiger partial charge in [-0.2, -0.15) is 0 Å². The van der Waals surface area contributed by atoms with Crippen LogP contribution in [0.1, 0.15) is 42.6 Å². The zero-order chi connectivity index (χ0) is 18.9. The van der Waals surface area contributed by atoms with Gasteiger partial charge in [0, 0.05) is 12.3 Å². The lowest BCUT2D eigenvalue weighted by Gasteiger charge is -2.15.